The van der Waals surface area contributed by atoms with E-state index in [-0.39, 0.29) is 11.7 Å². The average molecular weight is 231 g/mol. The second kappa shape index (κ2) is 4.49. The molecular weight excluding hydrogens is 214 g/mol. The normalized spacial score (nSPS) is 23.6. The molecule has 3 nitrogen and oxygen atoms in total. The molecule has 1 N–H and O–H groups in total. The lowest BCUT2D eigenvalue weighted by atomic mass is 9.97. The number of ketones is 1. The Balaban J connectivity index is 1.74. The van der Waals surface area contributed by atoms with E-state index >= 15 is 0 Å². The number of benzene rings is 1. The van der Waals surface area contributed by atoms with Gasteiger partial charge in [0.1, 0.15) is 5.75 Å². The first kappa shape index (κ1) is 10.8. The third-order valence-corrected chi connectivity index (χ3v) is 3.38. The van der Waals surface area contributed by atoms with Gasteiger partial charge in [0, 0.05) is 18.0 Å². The molecule has 0 aromatic heterocycles. The van der Waals surface area contributed by atoms with Crippen LogP contribution >= 0.6 is 0 Å². The maximum Gasteiger partial charge on any atom is 0.167 e. The molecule has 1 aromatic rings. The third kappa shape index (κ3) is 2.50. The van der Waals surface area contributed by atoms with Crippen LogP contribution in [-0.2, 0) is 0 Å². The lowest BCUT2D eigenvalue weighted by molar-refractivity contribution is 0.0930. The maximum absolute atomic E-state index is 12.2. The lowest BCUT2D eigenvalue weighted by Crippen LogP contribution is -2.17. The van der Waals surface area contributed by atoms with E-state index in [9.17, 15) is 4.79 Å². The standard InChI is InChI=1S/C14H17NO2/c16-14(11-6-7-15-9-11)10-2-1-3-13(8-10)17-12-4-5-12/h1-3,8,11-12,15H,4-7,9H2. The summed E-state index contributed by atoms with van der Waals surface area (Å²) >= 11 is 0. The van der Waals surface area contributed by atoms with E-state index in [2.05, 4.69) is 5.32 Å². The van der Waals surface area contributed by atoms with Crippen molar-refractivity contribution >= 4 is 5.78 Å². The molecule has 1 heterocycles. The first-order valence-corrected chi connectivity index (χ1v) is 6.34. The zero-order valence-corrected chi connectivity index (χ0v) is 9.82. The second-order valence-electron chi connectivity index (χ2n) is 4.90. The Morgan fingerprint density at radius 1 is 1.29 bits per heavy atom. The van der Waals surface area contributed by atoms with Gasteiger partial charge >= 0.3 is 0 Å². The van der Waals surface area contributed by atoms with E-state index in [1.165, 1.54) is 0 Å². The fourth-order valence-electron chi connectivity index (χ4n) is 2.22. The van der Waals surface area contributed by atoms with Crippen molar-refractivity contribution in [1.29, 1.82) is 0 Å². The van der Waals surface area contributed by atoms with Gasteiger partial charge in [-0.25, -0.2) is 0 Å². The van der Waals surface area contributed by atoms with Crippen LogP contribution in [0.1, 0.15) is 29.6 Å². The predicted molar refractivity (Wildman–Crippen MR) is 65.4 cm³/mol. The van der Waals surface area contributed by atoms with Gasteiger partial charge in [0.05, 0.1) is 6.10 Å². The fraction of sp³-hybridized carbons (Fsp3) is 0.500. The summed E-state index contributed by atoms with van der Waals surface area (Å²) in [7, 11) is 0. The van der Waals surface area contributed by atoms with Crippen molar-refractivity contribution in [3.05, 3.63) is 29.8 Å². The number of carbonyl (C=O) groups is 1. The van der Waals surface area contributed by atoms with Gasteiger partial charge in [-0.1, -0.05) is 12.1 Å². The second-order valence-corrected chi connectivity index (χ2v) is 4.90. The molecule has 1 saturated carbocycles. The van der Waals surface area contributed by atoms with Crippen LogP contribution in [0.4, 0.5) is 0 Å². The van der Waals surface area contributed by atoms with Crippen molar-refractivity contribution in [3.63, 3.8) is 0 Å². The molecule has 1 atom stereocenters. The Kier molecular flexibility index (Phi) is 2.85. The van der Waals surface area contributed by atoms with Crippen molar-refractivity contribution in [2.24, 2.45) is 5.92 Å². The zero-order chi connectivity index (χ0) is 11.7. The molecule has 0 amide bonds. The molecular formula is C14H17NO2. The molecule has 1 saturated heterocycles. The van der Waals surface area contributed by atoms with Crippen LogP contribution in [0, 0.1) is 5.92 Å². The Labute approximate surface area is 101 Å². The molecule has 2 aliphatic rings. The Morgan fingerprint density at radius 3 is 2.88 bits per heavy atom. The van der Waals surface area contributed by atoms with E-state index < -0.39 is 0 Å². The summed E-state index contributed by atoms with van der Waals surface area (Å²) < 4.78 is 5.71. The number of ether oxygens (including phenoxy) is 1. The van der Waals surface area contributed by atoms with Crippen molar-refractivity contribution in [3.8, 4) is 5.75 Å². The van der Waals surface area contributed by atoms with E-state index in [4.69, 9.17) is 4.74 Å². The molecule has 3 heteroatoms. The topological polar surface area (TPSA) is 38.3 Å². The summed E-state index contributed by atoms with van der Waals surface area (Å²) in [5, 5.41) is 3.23. The highest BCUT2D eigenvalue weighted by molar-refractivity contribution is 5.98. The highest BCUT2D eigenvalue weighted by atomic mass is 16.5. The minimum Gasteiger partial charge on any atom is -0.490 e. The number of hydrogen-bond acceptors (Lipinski definition) is 3. The van der Waals surface area contributed by atoms with Gasteiger partial charge in [0.2, 0.25) is 0 Å². The van der Waals surface area contributed by atoms with E-state index in [0.717, 1.165) is 43.7 Å². The molecule has 1 aliphatic heterocycles. The molecule has 90 valence electrons. The van der Waals surface area contributed by atoms with Crippen molar-refractivity contribution < 1.29 is 9.53 Å². The molecule has 0 radical (unpaired) electrons. The Morgan fingerprint density at radius 2 is 2.18 bits per heavy atom. The van der Waals surface area contributed by atoms with Gasteiger partial charge in [-0.3, -0.25) is 4.79 Å². The summed E-state index contributed by atoms with van der Waals surface area (Å²) in [6.45, 7) is 1.77. The lowest BCUT2D eigenvalue weighted by Gasteiger charge is -2.09. The van der Waals surface area contributed by atoms with E-state index in [1.807, 2.05) is 24.3 Å². The number of nitrogens with one attached hydrogen (secondary N) is 1. The molecule has 2 fully saturated rings. The van der Waals surface area contributed by atoms with Gasteiger partial charge < -0.3 is 10.1 Å². The Bertz CT molecular complexity index is 420. The molecule has 0 bridgehead atoms. The highest BCUT2D eigenvalue weighted by Crippen LogP contribution is 2.27. The smallest absolute Gasteiger partial charge is 0.167 e. The molecule has 3 rings (SSSR count). The summed E-state index contributed by atoms with van der Waals surface area (Å²) in [5.74, 6) is 1.23. The third-order valence-electron chi connectivity index (χ3n) is 3.38. The van der Waals surface area contributed by atoms with Crippen LogP contribution in [0.3, 0.4) is 0 Å². The largest absolute Gasteiger partial charge is 0.490 e. The average Bonchev–Trinajstić information content (AvgIpc) is 2.99. The van der Waals surface area contributed by atoms with E-state index in [1.54, 1.807) is 0 Å². The number of rotatable bonds is 4. The number of hydrogen-bond donors (Lipinski definition) is 1. The summed E-state index contributed by atoms with van der Waals surface area (Å²) in [5.41, 5.74) is 0.789. The monoisotopic (exact) mass is 231 g/mol. The summed E-state index contributed by atoms with van der Waals surface area (Å²) in [6.07, 6.45) is 3.62. The molecule has 1 aliphatic carbocycles. The molecule has 1 aromatic carbocycles. The highest BCUT2D eigenvalue weighted by Gasteiger charge is 2.25. The first-order chi connectivity index (χ1) is 8.33. The van der Waals surface area contributed by atoms with Gasteiger partial charge in [-0.05, 0) is 37.9 Å². The van der Waals surface area contributed by atoms with E-state index in [0.29, 0.717) is 6.10 Å². The maximum atomic E-state index is 12.2. The molecule has 1 unspecified atom stereocenters. The molecule has 0 spiro atoms. The SMILES string of the molecule is O=C(c1cccc(OC2CC2)c1)C1CCNC1. The predicted octanol–water partition coefficient (Wildman–Crippen LogP) is 2.02. The van der Waals surface area contributed by atoms with Gasteiger partial charge in [-0.15, -0.1) is 0 Å². The first-order valence-electron chi connectivity index (χ1n) is 6.34. The number of carbonyl (C=O) groups excluding carboxylic acids is 1. The minimum atomic E-state index is 0.145. The zero-order valence-electron chi connectivity index (χ0n) is 9.82. The van der Waals surface area contributed by atoms with Crippen LogP contribution in [0.5, 0.6) is 5.75 Å². The van der Waals surface area contributed by atoms with Crippen LogP contribution in [0.15, 0.2) is 24.3 Å². The van der Waals surface area contributed by atoms with Gasteiger partial charge in [-0.2, -0.15) is 0 Å². The van der Waals surface area contributed by atoms with Crippen LogP contribution in [-0.4, -0.2) is 25.0 Å². The fourth-order valence-corrected chi connectivity index (χ4v) is 2.22. The van der Waals surface area contributed by atoms with Crippen molar-refractivity contribution in [2.75, 3.05) is 13.1 Å². The van der Waals surface area contributed by atoms with Crippen LogP contribution in [0.25, 0.3) is 0 Å². The summed E-state index contributed by atoms with van der Waals surface area (Å²) in [4.78, 5) is 12.2. The minimum absolute atomic E-state index is 0.145. The summed E-state index contributed by atoms with van der Waals surface area (Å²) in [6, 6.07) is 7.62. The Hall–Kier alpha value is -1.35. The van der Waals surface area contributed by atoms with Crippen molar-refractivity contribution in [1.82, 2.24) is 5.32 Å². The number of Topliss-reactive ketones (excluding diaryl/α,β-unsaturated/α-hetero) is 1. The van der Waals surface area contributed by atoms with Gasteiger partial charge in [0.15, 0.2) is 5.78 Å². The quantitative estimate of drug-likeness (QED) is 0.806. The molecule has 17 heavy (non-hydrogen) atoms. The van der Waals surface area contributed by atoms with Crippen LogP contribution in [0.2, 0.25) is 0 Å². The van der Waals surface area contributed by atoms with Gasteiger partial charge in [0.25, 0.3) is 0 Å². The van der Waals surface area contributed by atoms with Crippen molar-refractivity contribution in [2.45, 2.75) is 25.4 Å². The van der Waals surface area contributed by atoms with Crippen LogP contribution < -0.4 is 10.1 Å².